The summed E-state index contributed by atoms with van der Waals surface area (Å²) in [5.74, 6) is 1.15. The highest BCUT2D eigenvalue weighted by atomic mass is 28.4. The molecule has 0 N–H and O–H groups in total. The standard InChI is InChI=1S/C27H38O5Si/c1-16(2)33(17(3)4,18(5)6)32-24-15-31-26-23(30-7)9-8-19-12-20(14-28)22-13-21(29)10-11-27(22,24)25(19)26/h8-11,14,16-18,20,22,24H,12-13,15H2,1-7H3/t20-,22-,24-,27-/m0/s1. The predicted molar refractivity (Wildman–Crippen MR) is 132 cm³/mol. The molecule has 0 saturated heterocycles. The SMILES string of the molecule is COc1ccc2c3c1OC[C@H](O[Si](C(C)C)(C(C)C)C(C)C)[C@@]31C=CC(=O)C[C@H]1[C@H](C=O)C2. The monoisotopic (exact) mass is 470 g/mol. The van der Waals surface area contributed by atoms with Gasteiger partial charge < -0.3 is 18.7 Å². The fraction of sp³-hybridized carbons (Fsp3) is 0.630. The fourth-order valence-corrected chi connectivity index (χ4v) is 12.8. The third-order valence-electron chi connectivity index (χ3n) is 8.55. The van der Waals surface area contributed by atoms with Gasteiger partial charge in [0.2, 0.25) is 8.32 Å². The summed E-state index contributed by atoms with van der Waals surface area (Å²) in [7, 11) is -0.606. The Kier molecular flexibility index (Phi) is 6.38. The van der Waals surface area contributed by atoms with Gasteiger partial charge in [-0.25, -0.2) is 0 Å². The summed E-state index contributed by atoms with van der Waals surface area (Å²) in [6.07, 6.45) is 5.52. The van der Waals surface area contributed by atoms with Crippen LogP contribution >= 0.6 is 0 Å². The number of hydrogen-bond donors (Lipinski definition) is 0. The maximum atomic E-state index is 12.6. The largest absolute Gasteiger partial charge is 0.493 e. The van der Waals surface area contributed by atoms with Gasteiger partial charge in [-0.1, -0.05) is 53.7 Å². The van der Waals surface area contributed by atoms with E-state index in [4.69, 9.17) is 13.9 Å². The zero-order chi connectivity index (χ0) is 24.1. The van der Waals surface area contributed by atoms with E-state index in [9.17, 15) is 9.59 Å². The smallest absolute Gasteiger partial charge is 0.201 e. The molecule has 6 heteroatoms. The third kappa shape index (κ3) is 3.44. The van der Waals surface area contributed by atoms with Crippen molar-refractivity contribution in [1.29, 1.82) is 0 Å². The van der Waals surface area contributed by atoms with Crippen molar-refractivity contribution in [2.24, 2.45) is 11.8 Å². The lowest BCUT2D eigenvalue weighted by Crippen LogP contribution is -2.62. The van der Waals surface area contributed by atoms with Crippen LogP contribution < -0.4 is 9.47 Å². The van der Waals surface area contributed by atoms with Crippen LogP contribution in [-0.2, 0) is 25.9 Å². The summed E-state index contributed by atoms with van der Waals surface area (Å²) in [5.41, 5.74) is 2.82. The lowest BCUT2D eigenvalue weighted by Gasteiger charge is -2.57. The Morgan fingerprint density at radius 1 is 1.09 bits per heavy atom. The molecular formula is C27H38O5Si. The lowest BCUT2D eigenvalue weighted by atomic mass is 9.53. The second kappa shape index (κ2) is 8.70. The third-order valence-corrected chi connectivity index (χ3v) is 14.7. The Hall–Kier alpha value is -1.92. The van der Waals surface area contributed by atoms with Crippen LogP contribution in [0.4, 0.5) is 0 Å². The summed E-state index contributed by atoms with van der Waals surface area (Å²) in [6.45, 7) is 14.1. The molecule has 1 aliphatic heterocycles. The number of allylic oxidation sites excluding steroid dienone is 1. The number of aldehydes is 1. The highest BCUT2D eigenvalue weighted by Crippen LogP contribution is 2.59. The van der Waals surface area contributed by atoms with E-state index >= 15 is 0 Å². The second-order valence-electron chi connectivity index (χ2n) is 10.9. The number of ketones is 1. The van der Waals surface area contributed by atoms with Gasteiger partial charge in [0.25, 0.3) is 0 Å². The van der Waals surface area contributed by atoms with Crippen LogP contribution in [0, 0.1) is 11.8 Å². The normalized spacial score (nSPS) is 28.5. The van der Waals surface area contributed by atoms with Gasteiger partial charge in [-0.05, 0) is 46.7 Å². The van der Waals surface area contributed by atoms with Crippen LogP contribution in [-0.4, -0.2) is 40.2 Å². The molecule has 3 aliphatic rings. The average Bonchev–Trinajstić information content (AvgIpc) is 2.77. The van der Waals surface area contributed by atoms with Gasteiger partial charge in [-0.15, -0.1) is 0 Å². The van der Waals surface area contributed by atoms with Crippen molar-refractivity contribution in [1.82, 2.24) is 0 Å². The van der Waals surface area contributed by atoms with Crippen molar-refractivity contribution < 1.29 is 23.5 Å². The molecule has 4 atom stereocenters. The van der Waals surface area contributed by atoms with Gasteiger partial charge in [0.05, 0.1) is 13.2 Å². The van der Waals surface area contributed by atoms with E-state index in [1.165, 1.54) is 0 Å². The molecule has 0 bridgehead atoms. The first-order valence-electron chi connectivity index (χ1n) is 12.3. The van der Waals surface area contributed by atoms with Gasteiger partial charge in [0.15, 0.2) is 17.3 Å². The van der Waals surface area contributed by atoms with E-state index in [-0.39, 0.29) is 23.7 Å². The lowest BCUT2D eigenvalue weighted by molar-refractivity contribution is -0.121. The number of ether oxygens (including phenoxy) is 2. The number of hydrogen-bond acceptors (Lipinski definition) is 5. The molecule has 2 aliphatic carbocycles. The van der Waals surface area contributed by atoms with Crippen LogP contribution in [0.1, 0.15) is 59.1 Å². The maximum Gasteiger partial charge on any atom is 0.201 e. The van der Waals surface area contributed by atoms with E-state index in [2.05, 4.69) is 47.6 Å². The highest BCUT2D eigenvalue weighted by molar-refractivity contribution is 6.77. The van der Waals surface area contributed by atoms with Crippen molar-refractivity contribution in [3.05, 3.63) is 35.4 Å². The summed E-state index contributed by atoms with van der Waals surface area (Å²) in [4.78, 5) is 24.9. The zero-order valence-electron chi connectivity index (χ0n) is 21.0. The number of carbonyl (C=O) groups excluding carboxylic acids is 2. The molecule has 1 spiro atoms. The molecule has 33 heavy (non-hydrogen) atoms. The van der Waals surface area contributed by atoms with Gasteiger partial charge in [0, 0.05) is 23.3 Å². The van der Waals surface area contributed by atoms with E-state index in [0.717, 1.165) is 23.2 Å². The summed E-state index contributed by atoms with van der Waals surface area (Å²) in [5, 5.41) is 0. The molecule has 180 valence electrons. The van der Waals surface area contributed by atoms with Gasteiger partial charge in [0.1, 0.15) is 12.9 Å². The summed E-state index contributed by atoms with van der Waals surface area (Å²) >= 11 is 0. The van der Waals surface area contributed by atoms with Crippen molar-refractivity contribution in [2.45, 2.75) is 82.5 Å². The minimum atomic E-state index is -2.26. The fourth-order valence-electron chi connectivity index (χ4n) is 7.26. The number of carbonyl (C=O) groups is 2. The summed E-state index contributed by atoms with van der Waals surface area (Å²) < 4.78 is 19.4. The van der Waals surface area contributed by atoms with Crippen molar-refractivity contribution >= 4 is 20.4 Å². The first kappa shape index (κ1) is 24.2. The Bertz CT molecular complexity index is 944. The second-order valence-corrected chi connectivity index (χ2v) is 16.3. The number of methoxy groups -OCH3 is 1. The molecule has 0 radical (unpaired) electrons. The minimum Gasteiger partial charge on any atom is -0.493 e. The molecule has 0 amide bonds. The van der Waals surface area contributed by atoms with Gasteiger partial charge in [-0.3, -0.25) is 4.79 Å². The molecule has 1 heterocycles. The predicted octanol–water partition coefficient (Wildman–Crippen LogP) is 5.40. The Balaban J connectivity index is 1.97. The van der Waals surface area contributed by atoms with Crippen LogP contribution in [0.25, 0.3) is 0 Å². The minimum absolute atomic E-state index is 0.0794. The van der Waals surface area contributed by atoms with Gasteiger partial charge in [-0.2, -0.15) is 0 Å². The molecule has 0 saturated carbocycles. The Morgan fingerprint density at radius 3 is 2.33 bits per heavy atom. The zero-order valence-corrected chi connectivity index (χ0v) is 22.0. The Morgan fingerprint density at radius 2 is 1.76 bits per heavy atom. The average molecular weight is 471 g/mol. The molecule has 5 nitrogen and oxygen atoms in total. The van der Waals surface area contributed by atoms with Crippen LogP contribution in [0.15, 0.2) is 24.3 Å². The first-order chi connectivity index (χ1) is 15.6. The van der Waals surface area contributed by atoms with Gasteiger partial charge >= 0.3 is 0 Å². The molecular weight excluding hydrogens is 432 g/mol. The van der Waals surface area contributed by atoms with Crippen molar-refractivity contribution in [3.8, 4) is 11.5 Å². The molecule has 1 aromatic rings. The number of benzene rings is 1. The van der Waals surface area contributed by atoms with E-state index < -0.39 is 13.7 Å². The first-order valence-corrected chi connectivity index (χ1v) is 14.5. The van der Waals surface area contributed by atoms with Crippen molar-refractivity contribution in [3.63, 3.8) is 0 Å². The highest BCUT2D eigenvalue weighted by Gasteiger charge is 2.60. The number of rotatable bonds is 7. The van der Waals surface area contributed by atoms with E-state index in [1.54, 1.807) is 13.2 Å². The van der Waals surface area contributed by atoms with E-state index in [1.807, 2.05) is 12.1 Å². The molecule has 0 unspecified atom stereocenters. The molecule has 0 fully saturated rings. The quantitative estimate of drug-likeness (QED) is 0.394. The topological polar surface area (TPSA) is 61.8 Å². The van der Waals surface area contributed by atoms with Crippen LogP contribution in [0.5, 0.6) is 11.5 Å². The molecule has 1 aromatic carbocycles. The van der Waals surface area contributed by atoms with E-state index in [0.29, 0.717) is 41.8 Å². The maximum absolute atomic E-state index is 12.6. The summed E-state index contributed by atoms with van der Waals surface area (Å²) in [6, 6.07) is 3.98. The Labute approximate surface area is 199 Å². The molecule has 4 rings (SSSR count). The van der Waals surface area contributed by atoms with Crippen molar-refractivity contribution in [2.75, 3.05) is 13.7 Å². The van der Waals surface area contributed by atoms with Crippen LogP contribution in [0.3, 0.4) is 0 Å². The van der Waals surface area contributed by atoms with Crippen LogP contribution in [0.2, 0.25) is 16.6 Å². The molecule has 0 aromatic heterocycles.